The first-order chi connectivity index (χ1) is 11.0. The van der Waals surface area contributed by atoms with Gasteiger partial charge in [-0.25, -0.2) is 14.8 Å². The Bertz CT molecular complexity index is 1010. The number of hydrogen-bond acceptors (Lipinski definition) is 5. The van der Waals surface area contributed by atoms with Crippen molar-refractivity contribution >= 4 is 22.8 Å². The number of para-hydroxylation sites is 1. The molecule has 0 aliphatic heterocycles. The van der Waals surface area contributed by atoms with Crippen molar-refractivity contribution in [1.82, 2.24) is 19.5 Å². The zero-order valence-corrected chi connectivity index (χ0v) is 12.2. The first-order valence-electron chi connectivity index (χ1n) is 6.86. The minimum atomic E-state index is -0.644. The molecule has 1 aromatic carbocycles. The van der Waals surface area contributed by atoms with Crippen LogP contribution in [0.25, 0.3) is 10.9 Å². The number of rotatable bonds is 3. The Kier molecular flexibility index (Phi) is 3.71. The number of fused-ring (bicyclic) bond motifs is 1. The highest BCUT2D eigenvalue weighted by molar-refractivity contribution is 5.89. The van der Waals surface area contributed by atoms with E-state index in [4.69, 9.17) is 0 Å². The molecule has 0 aliphatic rings. The molecular formula is C15H13N5O3. The third-order valence-corrected chi connectivity index (χ3v) is 3.24. The molecule has 3 aromatic rings. The van der Waals surface area contributed by atoms with Crippen molar-refractivity contribution in [3.63, 3.8) is 0 Å². The van der Waals surface area contributed by atoms with Gasteiger partial charge in [-0.15, -0.1) is 0 Å². The third-order valence-electron chi connectivity index (χ3n) is 3.24. The Hall–Kier alpha value is -3.29. The van der Waals surface area contributed by atoms with Crippen molar-refractivity contribution in [2.75, 3.05) is 5.32 Å². The molecule has 2 N–H and O–H groups in total. The van der Waals surface area contributed by atoms with Crippen LogP contribution in [0.5, 0.6) is 0 Å². The second kappa shape index (κ2) is 5.84. The standard InChI is InChI=1S/C15H13N5O3/c1-9-6-7-16-14(17-9)19-12(21)8-20-13(22)10-4-2-3-5-11(10)18-15(20)23/h2-7H,8H2,1H3,(H,18,23)(H,16,17,19,21). The van der Waals surface area contributed by atoms with E-state index in [-0.39, 0.29) is 5.95 Å². The number of nitrogens with one attached hydrogen (secondary N) is 2. The summed E-state index contributed by atoms with van der Waals surface area (Å²) in [6.07, 6.45) is 1.51. The first-order valence-corrected chi connectivity index (χ1v) is 6.86. The van der Waals surface area contributed by atoms with E-state index in [0.717, 1.165) is 4.57 Å². The van der Waals surface area contributed by atoms with E-state index in [1.165, 1.54) is 6.20 Å². The minimum absolute atomic E-state index is 0.125. The molecule has 3 rings (SSSR count). The molecule has 0 saturated heterocycles. The number of benzene rings is 1. The Balaban J connectivity index is 1.91. The van der Waals surface area contributed by atoms with Crippen LogP contribution in [0, 0.1) is 6.92 Å². The van der Waals surface area contributed by atoms with Crippen LogP contribution >= 0.6 is 0 Å². The fourth-order valence-electron chi connectivity index (χ4n) is 2.16. The summed E-state index contributed by atoms with van der Waals surface area (Å²) >= 11 is 0. The van der Waals surface area contributed by atoms with Gasteiger partial charge in [0.2, 0.25) is 11.9 Å². The van der Waals surface area contributed by atoms with Gasteiger partial charge in [-0.3, -0.25) is 19.5 Å². The largest absolute Gasteiger partial charge is 0.329 e. The Morgan fingerprint density at radius 2 is 2.04 bits per heavy atom. The van der Waals surface area contributed by atoms with E-state index >= 15 is 0 Å². The van der Waals surface area contributed by atoms with Gasteiger partial charge in [0, 0.05) is 11.9 Å². The number of H-pyrrole nitrogens is 1. The molecule has 116 valence electrons. The summed E-state index contributed by atoms with van der Waals surface area (Å²) in [5, 5.41) is 2.80. The lowest BCUT2D eigenvalue weighted by Crippen LogP contribution is -2.38. The lowest BCUT2D eigenvalue weighted by molar-refractivity contribution is -0.116. The number of aromatic nitrogens is 4. The second-order valence-corrected chi connectivity index (χ2v) is 4.94. The summed E-state index contributed by atoms with van der Waals surface area (Å²) in [7, 11) is 0. The topological polar surface area (TPSA) is 110 Å². The maximum absolute atomic E-state index is 12.3. The summed E-state index contributed by atoms with van der Waals surface area (Å²) < 4.78 is 0.841. The van der Waals surface area contributed by atoms with Crippen LogP contribution in [0.3, 0.4) is 0 Å². The highest BCUT2D eigenvalue weighted by Crippen LogP contribution is 2.03. The van der Waals surface area contributed by atoms with Gasteiger partial charge in [0.25, 0.3) is 5.56 Å². The molecule has 0 atom stereocenters. The summed E-state index contributed by atoms with van der Waals surface area (Å²) in [6.45, 7) is 1.34. The Labute approximate surface area is 129 Å². The number of aromatic amines is 1. The Morgan fingerprint density at radius 3 is 2.83 bits per heavy atom. The first kappa shape index (κ1) is 14.6. The zero-order chi connectivity index (χ0) is 16.4. The quantitative estimate of drug-likeness (QED) is 0.729. The fraction of sp³-hybridized carbons (Fsp3) is 0.133. The number of aryl methyl sites for hydroxylation is 1. The summed E-state index contributed by atoms with van der Waals surface area (Å²) in [5.41, 5.74) is -0.0455. The molecule has 8 heteroatoms. The van der Waals surface area contributed by atoms with Crippen LogP contribution in [0.4, 0.5) is 5.95 Å². The van der Waals surface area contributed by atoms with Crippen molar-refractivity contribution in [3.8, 4) is 0 Å². The van der Waals surface area contributed by atoms with Gasteiger partial charge in [0.15, 0.2) is 0 Å². The fourth-order valence-corrected chi connectivity index (χ4v) is 2.16. The van der Waals surface area contributed by atoms with Crippen molar-refractivity contribution in [1.29, 1.82) is 0 Å². The van der Waals surface area contributed by atoms with Gasteiger partial charge >= 0.3 is 5.69 Å². The molecule has 0 fully saturated rings. The third kappa shape index (κ3) is 3.00. The van der Waals surface area contributed by atoms with E-state index in [2.05, 4.69) is 20.3 Å². The Morgan fingerprint density at radius 1 is 1.26 bits per heavy atom. The smallest absolute Gasteiger partial charge is 0.307 e. The molecule has 0 saturated carbocycles. The molecule has 2 heterocycles. The number of anilines is 1. The van der Waals surface area contributed by atoms with Crippen molar-refractivity contribution in [2.24, 2.45) is 0 Å². The van der Waals surface area contributed by atoms with E-state index < -0.39 is 23.7 Å². The summed E-state index contributed by atoms with van der Waals surface area (Å²) in [6, 6.07) is 8.31. The lowest BCUT2D eigenvalue weighted by Gasteiger charge is -2.07. The van der Waals surface area contributed by atoms with Crippen LogP contribution in [0.1, 0.15) is 5.69 Å². The van der Waals surface area contributed by atoms with Crippen molar-refractivity contribution < 1.29 is 4.79 Å². The molecule has 2 aromatic heterocycles. The van der Waals surface area contributed by atoms with Crippen molar-refractivity contribution in [2.45, 2.75) is 13.5 Å². The van der Waals surface area contributed by atoms with E-state index in [0.29, 0.717) is 16.6 Å². The van der Waals surface area contributed by atoms with E-state index in [1.54, 1.807) is 37.3 Å². The average molecular weight is 311 g/mol. The molecule has 1 amide bonds. The lowest BCUT2D eigenvalue weighted by atomic mass is 10.2. The SMILES string of the molecule is Cc1ccnc(NC(=O)Cn2c(=O)[nH]c3ccccc3c2=O)n1. The molecule has 0 radical (unpaired) electrons. The summed E-state index contributed by atoms with van der Waals surface area (Å²) in [5.74, 6) is -0.432. The summed E-state index contributed by atoms with van der Waals surface area (Å²) in [4.78, 5) is 46.9. The molecular weight excluding hydrogens is 298 g/mol. The van der Waals surface area contributed by atoms with Crippen LogP contribution in [0.2, 0.25) is 0 Å². The normalized spacial score (nSPS) is 10.7. The van der Waals surface area contributed by atoms with Crippen molar-refractivity contribution in [3.05, 3.63) is 63.1 Å². The maximum Gasteiger partial charge on any atom is 0.329 e. The predicted molar refractivity (Wildman–Crippen MR) is 84.2 cm³/mol. The van der Waals surface area contributed by atoms with Gasteiger partial charge < -0.3 is 4.98 Å². The number of carbonyl (C=O) groups is 1. The molecule has 0 bridgehead atoms. The van der Waals surface area contributed by atoms with Crippen LogP contribution in [-0.4, -0.2) is 25.4 Å². The van der Waals surface area contributed by atoms with Crippen LogP contribution < -0.4 is 16.6 Å². The second-order valence-electron chi connectivity index (χ2n) is 4.94. The number of nitrogens with zero attached hydrogens (tertiary/aromatic N) is 3. The molecule has 0 unspecified atom stereocenters. The molecule has 23 heavy (non-hydrogen) atoms. The van der Waals surface area contributed by atoms with Gasteiger partial charge in [0.05, 0.1) is 10.9 Å². The van der Waals surface area contributed by atoms with E-state index in [1.807, 2.05) is 0 Å². The van der Waals surface area contributed by atoms with Crippen LogP contribution in [-0.2, 0) is 11.3 Å². The minimum Gasteiger partial charge on any atom is -0.307 e. The van der Waals surface area contributed by atoms with Gasteiger partial charge in [-0.05, 0) is 25.1 Å². The maximum atomic E-state index is 12.3. The molecule has 0 spiro atoms. The van der Waals surface area contributed by atoms with Gasteiger partial charge in [-0.1, -0.05) is 12.1 Å². The number of amides is 1. The molecule has 0 aliphatic carbocycles. The average Bonchev–Trinajstić information content (AvgIpc) is 2.51. The zero-order valence-electron chi connectivity index (χ0n) is 12.2. The van der Waals surface area contributed by atoms with Gasteiger partial charge in [-0.2, -0.15) is 0 Å². The van der Waals surface area contributed by atoms with Crippen LogP contribution in [0.15, 0.2) is 46.1 Å². The van der Waals surface area contributed by atoms with E-state index in [9.17, 15) is 14.4 Å². The predicted octanol–water partition coefficient (Wildman–Crippen LogP) is 0.427. The highest BCUT2D eigenvalue weighted by atomic mass is 16.2. The van der Waals surface area contributed by atoms with Gasteiger partial charge in [0.1, 0.15) is 6.54 Å². The number of carbonyl (C=O) groups excluding carboxylic acids is 1. The number of hydrogen-bond donors (Lipinski definition) is 2. The highest BCUT2D eigenvalue weighted by Gasteiger charge is 2.12. The molecule has 8 nitrogen and oxygen atoms in total. The monoisotopic (exact) mass is 311 g/mol.